The smallest absolute Gasteiger partial charge is 0.243 e. The maximum Gasteiger partial charge on any atom is 0.243 e. The summed E-state index contributed by atoms with van der Waals surface area (Å²) in [5, 5.41) is 0. The number of anilines is 2. The van der Waals surface area contributed by atoms with Crippen LogP contribution in [0.15, 0.2) is 65.6 Å². The van der Waals surface area contributed by atoms with Crippen molar-refractivity contribution < 1.29 is 13.2 Å². The minimum Gasteiger partial charge on any atom is -0.457 e. The second-order valence-corrected chi connectivity index (χ2v) is 10.6. The lowest BCUT2D eigenvalue weighted by Crippen LogP contribution is -2.49. The largest absolute Gasteiger partial charge is 0.457 e. The summed E-state index contributed by atoms with van der Waals surface area (Å²) in [4.78, 5) is 14.1. The number of rotatable bonds is 6. The van der Waals surface area contributed by atoms with Crippen molar-refractivity contribution in [3.8, 4) is 11.5 Å². The molecule has 8 nitrogen and oxygen atoms in total. The second kappa shape index (κ2) is 9.60. The number of ether oxygens (including phenoxy) is 1. The van der Waals surface area contributed by atoms with Gasteiger partial charge in [0.15, 0.2) is 0 Å². The van der Waals surface area contributed by atoms with Gasteiger partial charge >= 0.3 is 0 Å². The lowest BCUT2D eigenvalue weighted by atomic mass is 10.3. The monoisotopic (exact) mass is 479 g/mol. The Labute approximate surface area is 200 Å². The van der Waals surface area contributed by atoms with Crippen LogP contribution in [0.5, 0.6) is 11.5 Å². The minimum atomic E-state index is -3.58. The Morgan fingerprint density at radius 3 is 2.09 bits per heavy atom. The van der Waals surface area contributed by atoms with E-state index in [9.17, 15) is 8.42 Å². The van der Waals surface area contributed by atoms with Gasteiger partial charge in [0.1, 0.15) is 17.3 Å². The van der Waals surface area contributed by atoms with Crippen LogP contribution in [-0.2, 0) is 10.0 Å². The van der Waals surface area contributed by atoms with Crippen LogP contribution in [0, 0.1) is 6.92 Å². The highest BCUT2D eigenvalue weighted by atomic mass is 32.2. The van der Waals surface area contributed by atoms with Gasteiger partial charge in [-0.15, -0.1) is 0 Å². The van der Waals surface area contributed by atoms with E-state index in [0.29, 0.717) is 43.6 Å². The molecule has 0 amide bonds. The molecule has 2 aliphatic rings. The minimum absolute atomic E-state index is 0.268. The van der Waals surface area contributed by atoms with Gasteiger partial charge in [0, 0.05) is 51.0 Å². The van der Waals surface area contributed by atoms with E-state index in [2.05, 4.69) is 14.8 Å². The van der Waals surface area contributed by atoms with Gasteiger partial charge in [-0.1, -0.05) is 18.2 Å². The van der Waals surface area contributed by atoms with Gasteiger partial charge in [-0.05, 0) is 56.2 Å². The molecule has 0 bridgehead atoms. The molecule has 3 aromatic rings. The van der Waals surface area contributed by atoms with Crippen molar-refractivity contribution in [1.82, 2.24) is 14.3 Å². The highest BCUT2D eigenvalue weighted by molar-refractivity contribution is 7.89. The Kier molecular flexibility index (Phi) is 6.38. The van der Waals surface area contributed by atoms with E-state index in [4.69, 9.17) is 9.72 Å². The highest BCUT2D eigenvalue weighted by Gasteiger charge is 2.30. The van der Waals surface area contributed by atoms with Crippen molar-refractivity contribution in [2.45, 2.75) is 24.7 Å². The van der Waals surface area contributed by atoms with Gasteiger partial charge in [0.05, 0.1) is 4.90 Å². The van der Waals surface area contributed by atoms with Gasteiger partial charge in [-0.25, -0.2) is 13.4 Å². The molecule has 0 atom stereocenters. The zero-order valence-corrected chi connectivity index (χ0v) is 20.1. The van der Waals surface area contributed by atoms with Crippen LogP contribution in [-0.4, -0.2) is 62.0 Å². The van der Waals surface area contributed by atoms with Crippen LogP contribution in [0.3, 0.4) is 0 Å². The van der Waals surface area contributed by atoms with Gasteiger partial charge < -0.3 is 14.5 Å². The summed E-state index contributed by atoms with van der Waals surface area (Å²) in [6, 6.07) is 18.0. The number of sulfonamides is 1. The van der Waals surface area contributed by atoms with E-state index in [0.717, 1.165) is 24.6 Å². The third kappa shape index (κ3) is 4.85. The van der Waals surface area contributed by atoms with Crippen molar-refractivity contribution in [2.24, 2.45) is 0 Å². The fourth-order valence-electron chi connectivity index (χ4n) is 4.37. The molecular formula is C25H29N5O3S. The van der Waals surface area contributed by atoms with Crippen LogP contribution in [0.1, 0.15) is 18.5 Å². The first kappa shape index (κ1) is 22.6. The third-order valence-corrected chi connectivity index (χ3v) is 8.13. The van der Waals surface area contributed by atoms with E-state index < -0.39 is 10.0 Å². The van der Waals surface area contributed by atoms with Crippen LogP contribution < -0.4 is 14.5 Å². The maximum absolute atomic E-state index is 13.2. The average molecular weight is 480 g/mol. The Morgan fingerprint density at radius 1 is 0.765 bits per heavy atom. The standard InChI is InChI=1S/C25H29N5O3S/c1-20-19-24(28-13-5-6-14-28)27-25(26-20)29-15-17-30(18-16-29)34(31,32)23-11-9-22(10-12-23)33-21-7-3-2-4-8-21/h2-4,7-12,19H,5-6,13-18H2,1H3. The van der Waals surface area contributed by atoms with Gasteiger partial charge in [-0.2, -0.15) is 9.29 Å². The molecule has 0 saturated carbocycles. The summed E-state index contributed by atoms with van der Waals surface area (Å²) in [5.74, 6) is 2.95. The van der Waals surface area contributed by atoms with E-state index in [1.165, 1.54) is 17.1 Å². The first-order valence-corrected chi connectivity index (χ1v) is 13.1. The number of piperazine rings is 1. The molecule has 9 heteroatoms. The molecule has 0 aliphatic carbocycles. The summed E-state index contributed by atoms with van der Waals surface area (Å²) in [7, 11) is -3.58. The lowest BCUT2D eigenvalue weighted by Gasteiger charge is -2.34. The maximum atomic E-state index is 13.2. The number of nitrogens with zero attached hydrogens (tertiary/aromatic N) is 5. The predicted molar refractivity (Wildman–Crippen MR) is 132 cm³/mol. The molecule has 178 valence electrons. The number of para-hydroxylation sites is 1. The number of aryl methyl sites for hydroxylation is 1. The average Bonchev–Trinajstić information content (AvgIpc) is 3.40. The molecule has 5 rings (SSSR count). The Bertz CT molecular complexity index is 1220. The second-order valence-electron chi connectivity index (χ2n) is 8.64. The SMILES string of the molecule is Cc1cc(N2CCCC2)nc(N2CCN(S(=O)(=O)c3ccc(Oc4ccccc4)cc3)CC2)n1. The van der Waals surface area contributed by atoms with Crippen molar-refractivity contribution >= 4 is 21.8 Å². The fraction of sp³-hybridized carbons (Fsp3) is 0.360. The number of hydrogen-bond acceptors (Lipinski definition) is 7. The zero-order valence-electron chi connectivity index (χ0n) is 19.3. The molecule has 2 fully saturated rings. The molecule has 0 radical (unpaired) electrons. The molecule has 2 aromatic carbocycles. The summed E-state index contributed by atoms with van der Waals surface area (Å²) in [6.45, 7) is 5.92. The molecule has 2 saturated heterocycles. The number of benzene rings is 2. The molecule has 34 heavy (non-hydrogen) atoms. The lowest BCUT2D eigenvalue weighted by molar-refractivity contribution is 0.382. The number of aromatic nitrogens is 2. The Morgan fingerprint density at radius 2 is 1.41 bits per heavy atom. The van der Waals surface area contributed by atoms with Crippen LogP contribution in [0.2, 0.25) is 0 Å². The molecule has 3 heterocycles. The van der Waals surface area contributed by atoms with E-state index in [1.807, 2.05) is 43.3 Å². The van der Waals surface area contributed by atoms with Crippen LogP contribution in [0.25, 0.3) is 0 Å². The summed E-state index contributed by atoms with van der Waals surface area (Å²) >= 11 is 0. The zero-order chi connectivity index (χ0) is 23.5. The van der Waals surface area contributed by atoms with Gasteiger partial charge in [0.2, 0.25) is 16.0 Å². The van der Waals surface area contributed by atoms with Crippen molar-refractivity contribution in [3.05, 3.63) is 66.4 Å². The highest BCUT2D eigenvalue weighted by Crippen LogP contribution is 2.26. The third-order valence-electron chi connectivity index (χ3n) is 6.22. The molecule has 1 aromatic heterocycles. The summed E-state index contributed by atoms with van der Waals surface area (Å²) < 4.78 is 33.7. The topological polar surface area (TPSA) is 78.9 Å². The molecule has 0 unspecified atom stereocenters. The van der Waals surface area contributed by atoms with Gasteiger partial charge in [-0.3, -0.25) is 0 Å². The quantitative estimate of drug-likeness (QED) is 0.534. The van der Waals surface area contributed by atoms with Crippen molar-refractivity contribution in [2.75, 3.05) is 49.1 Å². The predicted octanol–water partition coefficient (Wildman–Crippen LogP) is 3.69. The summed E-state index contributed by atoms with van der Waals surface area (Å²) in [6.07, 6.45) is 2.38. The first-order valence-electron chi connectivity index (χ1n) is 11.7. The molecular weight excluding hydrogens is 450 g/mol. The van der Waals surface area contributed by atoms with E-state index in [1.54, 1.807) is 24.3 Å². The Hall–Kier alpha value is -3.17. The Balaban J connectivity index is 1.24. The van der Waals surface area contributed by atoms with Gasteiger partial charge in [0.25, 0.3) is 0 Å². The fourth-order valence-corrected chi connectivity index (χ4v) is 5.79. The van der Waals surface area contributed by atoms with E-state index in [-0.39, 0.29) is 4.90 Å². The van der Waals surface area contributed by atoms with E-state index >= 15 is 0 Å². The normalized spacial score (nSPS) is 17.2. The van der Waals surface area contributed by atoms with Crippen LogP contribution in [0.4, 0.5) is 11.8 Å². The van der Waals surface area contributed by atoms with Crippen molar-refractivity contribution in [3.63, 3.8) is 0 Å². The molecule has 0 spiro atoms. The first-order chi connectivity index (χ1) is 16.5. The molecule has 2 aliphatic heterocycles. The summed E-state index contributed by atoms with van der Waals surface area (Å²) in [5.41, 5.74) is 0.930. The van der Waals surface area contributed by atoms with Crippen molar-refractivity contribution in [1.29, 1.82) is 0 Å². The molecule has 0 N–H and O–H groups in total. The van der Waals surface area contributed by atoms with Crippen LogP contribution >= 0.6 is 0 Å². The number of hydrogen-bond donors (Lipinski definition) is 0.